The zero-order chi connectivity index (χ0) is 14.7. The molecule has 0 aliphatic carbocycles. The number of aromatic nitrogens is 1. The maximum atomic E-state index is 12.6. The van der Waals surface area contributed by atoms with Gasteiger partial charge in [-0.3, -0.25) is 9.78 Å². The second kappa shape index (κ2) is 6.33. The summed E-state index contributed by atoms with van der Waals surface area (Å²) < 4.78 is 0. The summed E-state index contributed by atoms with van der Waals surface area (Å²) in [5.41, 5.74) is 1.63. The Labute approximate surface area is 120 Å². The number of aliphatic hydroxyl groups excluding tert-OH is 1. The molecule has 0 radical (unpaired) electrons. The molecule has 1 aromatic heterocycles. The number of likely N-dealkylation sites (tertiary alicyclic amines) is 1. The summed E-state index contributed by atoms with van der Waals surface area (Å²) in [5, 5.41) is 9.46. The van der Waals surface area contributed by atoms with Crippen molar-refractivity contribution in [2.24, 2.45) is 5.92 Å². The quantitative estimate of drug-likeness (QED) is 0.887. The molecule has 5 nitrogen and oxygen atoms in total. The smallest absolute Gasteiger partial charge is 0.255 e. The summed E-state index contributed by atoms with van der Waals surface area (Å²) in [6.07, 6.45) is 4.18. The Morgan fingerprint density at radius 1 is 1.55 bits per heavy atom. The van der Waals surface area contributed by atoms with Crippen LogP contribution in [0.1, 0.15) is 22.3 Å². The molecule has 0 unspecified atom stereocenters. The third-order valence-corrected chi connectivity index (χ3v) is 4.18. The normalized spacial score (nSPS) is 23.1. The molecule has 0 saturated carbocycles. The molecule has 1 amide bonds. The van der Waals surface area contributed by atoms with E-state index < -0.39 is 0 Å². The molecule has 1 aliphatic heterocycles. The maximum Gasteiger partial charge on any atom is 0.255 e. The second-order valence-corrected chi connectivity index (χ2v) is 5.70. The lowest BCUT2D eigenvalue weighted by Gasteiger charge is -2.41. The van der Waals surface area contributed by atoms with Gasteiger partial charge < -0.3 is 14.9 Å². The van der Waals surface area contributed by atoms with Crippen molar-refractivity contribution in [3.05, 3.63) is 29.6 Å². The average molecular weight is 277 g/mol. The van der Waals surface area contributed by atoms with Gasteiger partial charge in [0.25, 0.3) is 5.91 Å². The highest BCUT2D eigenvalue weighted by molar-refractivity contribution is 5.95. The van der Waals surface area contributed by atoms with Crippen LogP contribution in [0.3, 0.4) is 0 Å². The van der Waals surface area contributed by atoms with Crippen LogP contribution < -0.4 is 0 Å². The lowest BCUT2D eigenvalue weighted by atomic mass is 9.91. The van der Waals surface area contributed by atoms with Crippen LogP contribution in [0.4, 0.5) is 0 Å². The number of pyridine rings is 1. The summed E-state index contributed by atoms with van der Waals surface area (Å²) in [7, 11) is 3.99. The Kier molecular flexibility index (Phi) is 4.73. The molecule has 0 aromatic carbocycles. The predicted molar refractivity (Wildman–Crippen MR) is 77.5 cm³/mol. The van der Waals surface area contributed by atoms with E-state index in [0.717, 1.165) is 12.0 Å². The van der Waals surface area contributed by atoms with Crippen LogP contribution in [0, 0.1) is 12.8 Å². The first-order chi connectivity index (χ1) is 9.54. The van der Waals surface area contributed by atoms with Gasteiger partial charge in [0.2, 0.25) is 0 Å². The van der Waals surface area contributed by atoms with Crippen LogP contribution >= 0.6 is 0 Å². The lowest BCUT2D eigenvalue weighted by Crippen LogP contribution is -2.53. The predicted octanol–water partition coefficient (Wildman–Crippen LogP) is 0.775. The lowest BCUT2D eigenvalue weighted by molar-refractivity contribution is 0.0378. The minimum absolute atomic E-state index is 0.0406. The average Bonchev–Trinajstić information content (AvgIpc) is 2.46. The number of piperidine rings is 1. The Morgan fingerprint density at radius 2 is 2.30 bits per heavy atom. The van der Waals surface area contributed by atoms with Gasteiger partial charge in [0.15, 0.2) is 0 Å². The van der Waals surface area contributed by atoms with E-state index in [1.807, 2.05) is 32.0 Å². The van der Waals surface area contributed by atoms with E-state index >= 15 is 0 Å². The monoisotopic (exact) mass is 277 g/mol. The Morgan fingerprint density at radius 3 is 2.90 bits per heavy atom. The van der Waals surface area contributed by atoms with E-state index in [9.17, 15) is 9.90 Å². The molecule has 1 aromatic rings. The van der Waals surface area contributed by atoms with Crippen LogP contribution in [0.5, 0.6) is 0 Å². The number of hydrogen-bond donors (Lipinski definition) is 1. The molecule has 1 N–H and O–H groups in total. The number of carbonyl (C=O) groups excluding carboxylic acids is 1. The number of carbonyl (C=O) groups is 1. The highest BCUT2D eigenvalue weighted by Crippen LogP contribution is 2.22. The highest BCUT2D eigenvalue weighted by atomic mass is 16.3. The number of amides is 1. The largest absolute Gasteiger partial charge is 0.396 e. The molecule has 1 fully saturated rings. The molecule has 1 saturated heterocycles. The van der Waals surface area contributed by atoms with Crippen molar-refractivity contribution in [3.63, 3.8) is 0 Å². The van der Waals surface area contributed by atoms with Crippen molar-refractivity contribution < 1.29 is 9.90 Å². The summed E-state index contributed by atoms with van der Waals surface area (Å²) in [5.74, 6) is 0.280. The van der Waals surface area contributed by atoms with Gasteiger partial charge >= 0.3 is 0 Å². The molecule has 20 heavy (non-hydrogen) atoms. The summed E-state index contributed by atoms with van der Waals surface area (Å²) >= 11 is 0. The van der Waals surface area contributed by atoms with Crippen molar-refractivity contribution in [2.75, 3.05) is 33.8 Å². The zero-order valence-electron chi connectivity index (χ0n) is 12.4. The Bertz CT molecular complexity index is 476. The molecule has 2 heterocycles. The fourth-order valence-electron chi connectivity index (χ4n) is 2.82. The fourth-order valence-corrected chi connectivity index (χ4v) is 2.82. The van der Waals surface area contributed by atoms with Gasteiger partial charge in [-0.05, 0) is 39.1 Å². The molecular formula is C15H23N3O2. The summed E-state index contributed by atoms with van der Waals surface area (Å²) in [6, 6.07) is 2.06. The molecule has 2 rings (SSSR count). The molecule has 0 spiro atoms. The number of hydrogen-bond acceptors (Lipinski definition) is 4. The number of nitrogens with zero attached hydrogens (tertiary/aromatic N) is 3. The summed E-state index contributed by atoms with van der Waals surface area (Å²) in [4.78, 5) is 20.6. The zero-order valence-corrected chi connectivity index (χ0v) is 12.4. The van der Waals surface area contributed by atoms with E-state index in [0.29, 0.717) is 18.7 Å². The van der Waals surface area contributed by atoms with Crippen molar-refractivity contribution in [1.82, 2.24) is 14.8 Å². The van der Waals surface area contributed by atoms with Gasteiger partial charge in [-0.25, -0.2) is 0 Å². The highest BCUT2D eigenvalue weighted by Gasteiger charge is 2.32. The Hall–Kier alpha value is -1.46. The second-order valence-electron chi connectivity index (χ2n) is 5.70. The van der Waals surface area contributed by atoms with Crippen LogP contribution in [0.2, 0.25) is 0 Å². The van der Waals surface area contributed by atoms with Crippen molar-refractivity contribution in [2.45, 2.75) is 19.4 Å². The first kappa shape index (κ1) is 14.9. The maximum absolute atomic E-state index is 12.6. The standard InChI is InChI=1S/C15H23N3O2/c1-11-4-6-16-8-13(11)15(20)18-7-5-12(10-19)14(9-18)17(2)3/h4,6,8,12,14,19H,5,7,9-10H2,1-3H3/t12-,14-/m1/s1. The molecule has 0 bridgehead atoms. The first-order valence-electron chi connectivity index (χ1n) is 7.01. The van der Waals surface area contributed by atoms with Crippen LogP contribution in [0.25, 0.3) is 0 Å². The van der Waals surface area contributed by atoms with Gasteiger partial charge in [0.05, 0.1) is 5.56 Å². The van der Waals surface area contributed by atoms with Crippen LogP contribution in [-0.2, 0) is 0 Å². The van der Waals surface area contributed by atoms with Crippen molar-refractivity contribution in [1.29, 1.82) is 0 Å². The van der Waals surface area contributed by atoms with Gasteiger partial charge in [-0.2, -0.15) is 0 Å². The molecule has 5 heteroatoms. The van der Waals surface area contributed by atoms with Crippen LogP contribution in [-0.4, -0.2) is 65.6 Å². The van der Waals surface area contributed by atoms with E-state index in [-0.39, 0.29) is 24.5 Å². The third kappa shape index (κ3) is 2.99. The number of aliphatic hydroxyl groups is 1. The van der Waals surface area contributed by atoms with Gasteiger partial charge in [0, 0.05) is 44.0 Å². The van der Waals surface area contributed by atoms with E-state index in [2.05, 4.69) is 9.88 Å². The van der Waals surface area contributed by atoms with Crippen molar-refractivity contribution >= 4 is 5.91 Å². The SMILES string of the molecule is Cc1ccncc1C(=O)N1CC[C@H](CO)[C@H](N(C)C)C1. The van der Waals surface area contributed by atoms with E-state index in [1.54, 1.807) is 12.4 Å². The fraction of sp³-hybridized carbons (Fsp3) is 0.600. The van der Waals surface area contributed by atoms with Gasteiger partial charge in [-0.1, -0.05) is 0 Å². The molecular weight excluding hydrogens is 254 g/mol. The molecule has 2 atom stereocenters. The third-order valence-electron chi connectivity index (χ3n) is 4.18. The van der Waals surface area contributed by atoms with E-state index in [1.165, 1.54) is 0 Å². The minimum Gasteiger partial charge on any atom is -0.396 e. The number of rotatable bonds is 3. The molecule has 1 aliphatic rings. The molecule has 110 valence electrons. The van der Waals surface area contributed by atoms with Crippen LogP contribution in [0.15, 0.2) is 18.5 Å². The van der Waals surface area contributed by atoms with Crippen molar-refractivity contribution in [3.8, 4) is 0 Å². The van der Waals surface area contributed by atoms with E-state index in [4.69, 9.17) is 0 Å². The number of aryl methyl sites for hydroxylation is 1. The topological polar surface area (TPSA) is 56.7 Å². The first-order valence-corrected chi connectivity index (χ1v) is 7.01. The van der Waals surface area contributed by atoms with Gasteiger partial charge in [0.1, 0.15) is 0 Å². The Balaban J connectivity index is 2.14. The minimum atomic E-state index is 0.0406. The number of likely N-dealkylation sites (N-methyl/N-ethyl adjacent to an activating group) is 1. The van der Waals surface area contributed by atoms with Gasteiger partial charge in [-0.15, -0.1) is 0 Å². The summed E-state index contributed by atoms with van der Waals surface area (Å²) in [6.45, 7) is 3.46.